The lowest BCUT2D eigenvalue weighted by Crippen LogP contribution is -2.06. The van der Waals surface area contributed by atoms with Gasteiger partial charge in [0.05, 0.1) is 19.0 Å². The summed E-state index contributed by atoms with van der Waals surface area (Å²) in [5.41, 5.74) is 4.80. The van der Waals surface area contributed by atoms with Crippen molar-refractivity contribution in [1.29, 1.82) is 0 Å². The van der Waals surface area contributed by atoms with Crippen LogP contribution >= 0.6 is 0 Å². The zero-order chi connectivity index (χ0) is 10.0. The molecule has 1 aromatic heterocycles. The van der Waals surface area contributed by atoms with Crippen LogP contribution in [0.3, 0.4) is 0 Å². The van der Waals surface area contributed by atoms with Gasteiger partial charge in [0.2, 0.25) is 0 Å². The summed E-state index contributed by atoms with van der Waals surface area (Å²) in [6.45, 7) is -2.82. The van der Waals surface area contributed by atoms with Crippen LogP contribution in [0.2, 0.25) is 0 Å². The molecule has 0 atom stereocenters. The molecule has 0 aliphatic heterocycles. The van der Waals surface area contributed by atoms with Gasteiger partial charge in [-0.1, -0.05) is 0 Å². The van der Waals surface area contributed by atoms with Gasteiger partial charge >= 0.3 is 12.5 Å². The van der Waals surface area contributed by atoms with Crippen LogP contribution in [0.15, 0.2) is 6.20 Å². The molecule has 0 saturated carbocycles. The molecule has 0 fully saturated rings. The number of alkyl halides is 2. The summed E-state index contributed by atoms with van der Waals surface area (Å²) in [7, 11) is 1.11. The lowest BCUT2D eigenvalue weighted by atomic mass is 10.4. The zero-order valence-corrected chi connectivity index (χ0v) is 6.70. The number of aromatic nitrogens is 2. The first-order chi connectivity index (χ1) is 6.06. The molecule has 72 valence electrons. The second-order valence-electron chi connectivity index (χ2n) is 2.18. The van der Waals surface area contributed by atoms with Gasteiger partial charge in [0.15, 0.2) is 5.69 Å². The molecular formula is C6H7F2N3O2. The van der Waals surface area contributed by atoms with Gasteiger partial charge < -0.3 is 10.5 Å². The van der Waals surface area contributed by atoms with Crippen LogP contribution in [-0.4, -0.2) is 22.9 Å². The van der Waals surface area contributed by atoms with Crippen molar-refractivity contribution in [1.82, 2.24) is 9.78 Å². The average molecular weight is 191 g/mol. The highest BCUT2D eigenvalue weighted by molar-refractivity contribution is 5.92. The van der Waals surface area contributed by atoms with E-state index in [1.807, 2.05) is 0 Å². The van der Waals surface area contributed by atoms with Crippen molar-refractivity contribution in [3.05, 3.63) is 11.9 Å². The van der Waals surface area contributed by atoms with Crippen LogP contribution in [0.5, 0.6) is 0 Å². The molecule has 0 aliphatic rings. The molecule has 0 radical (unpaired) electrons. The predicted octanol–water partition coefficient (Wildman–Crippen LogP) is 0.647. The van der Waals surface area contributed by atoms with Gasteiger partial charge in [0.25, 0.3) is 0 Å². The van der Waals surface area contributed by atoms with E-state index >= 15 is 0 Å². The Morgan fingerprint density at radius 1 is 1.77 bits per heavy atom. The van der Waals surface area contributed by atoms with E-state index in [0.717, 1.165) is 13.3 Å². The van der Waals surface area contributed by atoms with E-state index in [0.29, 0.717) is 4.68 Å². The minimum atomic E-state index is -2.82. The van der Waals surface area contributed by atoms with E-state index < -0.39 is 12.5 Å². The number of rotatable bonds is 2. The minimum Gasteiger partial charge on any atom is -0.464 e. The summed E-state index contributed by atoms with van der Waals surface area (Å²) in [6, 6.07) is 0. The van der Waals surface area contributed by atoms with Crippen molar-refractivity contribution in [3.63, 3.8) is 0 Å². The predicted molar refractivity (Wildman–Crippen MR) is 39.2 cm³/mol. The van der Waals surface area contributed by atoms with E-state index in [1.54, 1.807) is 0 Å². The quantitative estimate of drug-likeness (QED) is 0.696. The van der Waals surface area contributed by atoms with E-state index in [-0.39, 0.29) is 11.4 Å². The highest BCUT2D eigenvalue weighted by Crippen LogP contribution is 2.15. The van der Waals surface area contributed by atoms with Gasteiger partial charge in [0, 0.05) is 0 Å². The number of nitrogens with zero attached hydrogens (tertiary/aromatic N) is 2. The van der Waals surface area contributed by atoms with Crippen LogP contribution in [0, 0.1) is 0 Å². The normalized spacial score (nSPS) is 10.5. The fourth-order valence-corrected chi connectivity index (χ4v) is 0.761. The van der Waals surface area contributed by atoms with Crippen molar-refractivity contribution < 1.29 is 18.3 Å². The Morgan fingerprint density at radius 2 is 2.38 bits per heavy atom. The van der Waals surface area contributed by atoms with Crippen LogP contribution < -0.4 is 5.73 Å². The summed E-state index contributed by atoms with van der Waals surface area (Å²) < 4.78 is 28.6. The van der Waals surface area contributed by atoms with Gasteiger partial charge in [0.1, 0.15) is 0 Å². The van der Waals surface area contributed by atoms with E-state index in [4.69, 9.17) is 5.73 Å². The number of nitrogen functional groups attached to an aromatic ring is 1. The number of methoxy groups -OCH3 is 1. The number of carbonyl (C=O) groups is 1. The van der Waals surface area contributed by atoms with Crippen LogP contribution in [-0.2, 0) is 4.74 Å². The molecule has 1 rings (SSSR count). The van der Waals surface area contributed by atoms with Gasteiger partial charge in [-0.25, -0.2) is 9.48 Å². The Morgan fingerprint density at radius 3 is 2.77 bits per heavy atom. The maximum Gasteiger partial charge on any atom is 0.360 e. The first-order valence-electron chi connectivity index (χ1n) is 3.27. The fraction of sp³-hybridized carbons (Fsp3) is 0.333. The number of nitrogens with two attached hydrogens (primary N) is 1. The molecule has 0 unspecified atom stereocenters. The molecule has 0 spiro atoms. The number of esters is 1. The summed E-state index contributed by atoms with van der Waals surface area (Å²) in [5.74, 6) is -0.836. The molecular weight excluding hydrogens is 184 g/mol. The highest BCUT2D eigenvalue weighted by atomic mass is 19.3. The molecule has 7 heteroatoms. The Kier molecular flexibility index (Phi) is 2.45. The lowest BCUT2D eigenvalue weighted by Gasteiger charge is -1.95. The molecule has 1 aromatic rings. The van der Waals surface area contributed by atoms with Crippen LogP contribution in [0.25, 0.3) is 0 Å². The maximum atomic E-state index is 12.0. The second kappa shape index (κ2) is 3.38. The maximum absolute atomic E-state index is 12.0. The second-order valence-corrected chi connectivity index (χ2v) is 2.18. The standard InChI is InChI=1S/C6H7F2N3O2/c1-13-5(12)4-3(9)2-11(10-4)6(7)8/h2,6H,9H2,1H3. The highest BCUT2D eigenvalue weighted by Gasteiger charge is 2.18. The van der Waals surface area contributed by atoms with Gasteiger partial charge in [-0.3, -0.25) is 0 Å². The van der Waals surface area contributed by atoms with Gasteiger partial charge in [-0.15, -0.1) is 0 Å². The first kappa shape index (κ1) is 9.43. The molecule has 13 heavy (non-hydrogen) atoms. The van der Waals surface area contributed by atoms with Crippen molar-refractivity contribution in [2.24, 2.45) is 0 Å². The van der Waals surface area contributed by atoms with Gasteiger partial charge in [-0.05, 0) is 0 Å². The fourth-order valence-electron chi connectivity index (χ4n) is 0.761. The van der Waals surface area contributed by atoms with Crippen LogP contribution in [0.4, 0.5) is 14.5 Å². The number of halogens is 2. The lowest BCUT2D eigenvalue weighted by molar-refractivity contribution is 0.0521. The Hall–Kier alpha value is -1.66. The topological polar surface area (TPSA) is 70.1 Å². The molecule has 0 aromatic carbocycles. The smallest absolute Gasteiger partial charge is 0.360 e. The summed E-state index contributed by atoms with van der Waals surface area (Å²) in [4.78, 5) is 10.8. The third-order valence-corrected chi connectivity index (χ3v) is 1.34. The third kappa shape index (κ3) is 1.74. The van der Waals surface area contributed by atoms with Crippen molar-refractivity contribution in [3.8, 4) is 0 Å². The Bertz CT molecular complexity index is 324. The summed E-state index contributed by atoms with van der Waals surface area (Å²) in [5, 5.41) is 3.25. The molecule has 0 saturated heterocycles. The van der Waals surface area contributed by atoms with E-state index in [1.165, 1.54) is 0 Å². The number of hydrogen-bond donors (Lipinski definition) is 1. The summed E-state index contributed by atoms with van der Waals surface area (Å²) >= 11 is 0. The first-order valence-corrected chi connectivity index (χ1v) is 3.27. The van der Waals surface area contributed by atoms with E-state index in [9.17, 15) is 13.6 Å². The Labute approximate surface area is 72.1 Å². The monoisotopic (exact) mass is 191 g/mol. The van der Waals surface area contributed by atoms with Crippen molar-refractivity contribution in [2.45, 2.75) is 6.55 Å². The molecule has 0 aliphatic carbocycles. The largest absolute Gasteiger partial charge is 0.464 e. The molecule has 2 N–H and O–H groups in total. The minimum absolute atomic E-state index is 0.132. The molecule has 5 nitrogen and oxygen atoms in total. The zero-order valence-electron chi connectivity index (χ0n) is 6.70. The van der Waals surface area contributed by atoms with Crippen molar-refractivity contribution >= 4 is 11.7 Å². The molecule has 1 heterocycles. The number of anilines is 1. The van der Waals surface area contributed by atoms with E-state index in [2.05, 4.69) is 9.84 Å². The summed E-state index contributed by atoms with van der Waals surface area (Å²) in [6.07, 6.45) is 0.872. The molecule has 0 bridgehead atoms. The molecule has 0 amide bonds. The Balaban J connectivity index is 3.03. The average Bonchev–Trinajstić information content (AvgIpc) is 2.46. The van der Waals surface area contributed by atoms with Crippen LogP contribution in [0.1, 0.15) is 17.0 Å². The number of hydrogen-bond acceptors (Lipinski definition) is 4. The number of ether oxygens (including phenoxy) is 1. The van der Waals surface area contributed by atoms with Gasteiger partial charge in [-0.2, -0.15) is 13.9 Å². The SMILES string of the molecule is COC(=O)c1nn(C(F)F)cc1N. The number of carbonyl (C=O) groups excluding carboxylic acids is 1. The van der Waals surface area contributed by atoms with Crippen molar-refractivity contribution in [2.75, 3.05) is 12.8 Å². The third-order valence-electron chi connectivity index (χ3n) is 1.34.